The van der Waals surface area contributed by atoms with Crippen molar-refractivity contribution in [2.24, 2.45) is 0 Å². The van der Waals surface area contributed by atoms with Crippen molar-refractivity contribution >= 4 is 21.4 Å². The van der Waals surface area contributed by atoms with Gasteiger partial charge in [0.15, 0.2) is 5.25 Å². The minimum absolute atomic E-state index is 0.339. The first kappa shape index (κ1) is 12.6. The first-order valence-electron chi connectivity index (χ1n) is 5.53. The first-order valence-corrected chi connectivity index (χ1v) is 7.91. The number of rotatable bonds is 3. The number of nitriles is 1. The molecule has 0 radical (unpaired) electrons. The number of hydrogen-bond acceptors (Lipinski definition) is 4. The molecule has 1 atom stereocenters. The molecule has 1 aromatic rings. The third-order valence-corrected chi connectivity index (χ3v) is 6.22. The fourth-order valence-corrected chi connectivity index (χ4v) is 4.46. The number of nitrogens with zero attached hydrogens (tertiary/aromatic N) is 2. The Hall–Kier alpha value is -0.900. The second-order valence-electron chi connectivity index (χ2n) is 4.02. The molecular formula is C11H14N2O2S2. The quantitative estimate of drug-likeness (QED) is 0.840. The highest BCUT2D eigenvalue weighted by atomic mass is 32.2. The molecular weight excluding hydrogens is 256 g/mol. The summed E-state index contributed by atoms with van der Waals surface area (Å²) in [6.45, 7) is 2.64. The molecule has 0 fully saturated rings. The molecule has 2 rings (SSSR count). The van der Waals surface area contributed by atoms with Crippen LogP contribution in [0.25, 0.3) is 0 Å². The predicted octanol–water partition coefficient (Wildman–Crippen LogP) is 1.74. The van der Waals surface area contributed by atoms with Crippen molar-refractivity contribution in [2.45, 2.75) is 31.6 Å². The van der Waals surface area contributed by atoms with Crippen LogP contribution in [0.5, 0.6) is 0 Å². The average Bonchev–Trinajstić information content (AvgIpc) is 2.77. The molecule has 1 unspecified atom stereocenters. The van der Waals surface area contributed by atoms with E-state index >= 15 is 0 Å². The Bertz CT molecular complexity index is 542. The zero-order chi connectivity index (χ0) is 12.5. The lowest BCUT2D eigenvalue weighted by Gasteiger charge is -2.27. The summed E-state index contributed by atoms with van der Waals surface area (Å²) in [5, 5.41) is 9.97. The maximum atomic E-state index is 12.2. The predicted molar refractivity (Wildman–Crippen MR) is 67.0 cm³/mol. The zero-order valence-corrected chi connectivity index (χ0v) is 11.2. The van der Waals surface area contributed by atoms with E-state index in [4.69, 9.17) is 5.26 Å². The molecule has 6 heteroatoms. The van der Waals surface area contributed by atoms with E-state index in [9.17, 15) is 8.42 Å². The standard InChI is InChI=1S/C11H14N2O2S2/c1-2-10(7-12)17(14,15)13-5-3-11-9(8-13)4-6-16-11/h4,6,10H,2-3,5,8H2,1H3. The fraction of sp³-hybridized carbons (Fsp3) is 0.545. The summed E-state index contributed by atoms with van der Waals surface area (Å²) in [4.78, 5) is 1.27. The van der Waals surface area contributed by atoms with Crippen LogP contribution in [0, 0.1) is 11.3 Å². The highest BCUT2D eigenvalue weighted by Gasteiger charge is 2.33. The van der Waals surface area contributed by atoms with Crippen LogP contribution < -0.4 is 0 Å². The molecule has 0 aliphatic carbocycles. The summed E-state index contributed by atoms with van der Waals surface area (Å²) < 4.78 is 25.8. The maximum Gasteiger partial charge on any atom is 0.230 e. The molecule has 0 bridgehead atoms. The second-order valence-corrected chi connectivity index (χ2v) is 7.14. The smallest absolute Gasteiger partial charge is 0.211 e. The molecule has 92 valence electrons. The van der Waals surface area contributed by atoms with Crippen molar-refractivity contribution in [2.75, 3.05) is 6.54 Å². The number of sulfonamides is 1. The second kappa shape index (κ2) is 4.77. The van der Waals surface area contributed by atoms with Gasteiger partial charge >= 0.3 is 0 Å². The summed E-state index contributed by atoms with van der Waals surface area (Å²) in [5.41, 5.74) is 1.08. The average molecular weight is 270 g/mol. The molecule has 2 heterocycles. The molecule has 0 spiro atoms. The van der Waals surface area contributed by atoms with Crippen molar-refractivity contribution in [3.63, 3.8) is 0 Å². The Morgan fingerprint density at radius 1 is 1.65 bits per heavy atom. The number of thiophene rings is 1. The van der Waals surface area contributed by atoms with Gasteiger partial charge in [-0.1, -0.05) is 6.92 Å². The van der Waals surface area contributed by atoms with Crippen LogP contribution in [0.15, 0.2) is 11.4 Å². The summed E-state index contributed by atoms with van der Waals surface area (Å²) in [5.74, 6) is 0. The van der Waals surface area contributed by atoms with E-state index in [1.807, 2.05) is 17.5 Å². The molecule has 0 N–H and O–H groups in total. The first-order chi connectivity index (χ1) is 8.09. The maximum absolute atomic E-state index is 12.2. The fourth-order valence-electron chi connectivity index (χ4n) is 1.99. The van der Waals surface area contributed by atoms with Gasteiger partial charge in [-0.3, -0.25) is 0 Å². The van der Waals surface area contributed by atoms with Crippen LogP contribution in [-0.4, -0.2) is 24.5 Å². The van der Waals surface area contributed by atoms with Gasteiger partial charge in [-0.25, -0.2) is 8.42 Å². The van der Waals surface area contributed by atoms with Gasteiger partial charge in [0.1, 0.15) is 0 Å². The van der Waals surface area contributed by atoms with Crippen molar-refractivity contribution in [3.8, 4) is 6.07 Å². The van der Waals surface area contributed by atoms with E-state index in [0.717, 1.165) is 12.0 Å². The van der Waals surface area contributed by atoms with Crippen molar-refractivity contribution in [1.82, 2.24) is 4.31 Å². The van der Waals surface area contributed by atoms with Gasteiger partial charge in [-0.2, -0.15) is 9.57 Å². The molecule has 1 aliphatic rings. The Balaban J connectivity index is 2.24. The van der Waals surface area contributed by atoms with E-state index in [2.05, 4.69) is 0 Å². The number of fused-ring (bicyclic) bond motifs is 1. The molecule has 0 aromatic carbocycles. The minimum Gasteiger partial charge on any atom is -0.211 e. The van der Waals surface area contributed by atoms with Crippen molar-refractivity contribution < 1.29 is 8.42 Å². The Morgan fingerprint density at radius 2 is 2.41 bits per heavy atom. The molecule has 1 aromatic heterocycles. The van der Waals surface area contributed by atoms with Crippen LogP contribution >= 0.6 is 11.3 Å². The molecule has 0 saturated carbocycles. The van der Waals surface area contributed by atoms with Crippen LogP contribution in [0.2, 0.25) is 0 Å². The molecule has 1 aliphatic heterocycles. The lowest BCUT2D eigenvalue weighted by atomic mass is 10.1. The zero-order valence-electron chi connectivity index (χ0n) is 9.59. The van der Waals surface area contributed by atoms with E-state index in [0.29, 0.717) is 19.5 Å². The minimum atomic E-state index is -3.47. The topological polar surface area (TPSA) is 61.2 Å². The highest BCUT2D eigenvalue weighted by molar-refractivity contribution is 7.89. The molecule has 4 nitrogen and oxygen atoms in total. The Morgan fingerprint density at radius 3 is 3.06 bits per heavy atom. The van der Waals surface area contributed by atoms with Crippen molar-refractivity contribution in [3.05, 3.63) is 21.9 Å². The van der Waals surface area contributed by atoms with E-state index < -0.39 is 15.3 Å². The van der Waals surface area contributed by atoms with Crippen LogP contribution in [0.4, 0.5) is 0 Å². The Labute approximate surface area is 106 Å². The van der Waals surface area contributed by atoms with Gasteiger partial charge in [0.05, 0.1) is 6.07 Å². The Kier molecular flexibility index (Phi) is 3.52. The summed E-state index contributed by atoms with van der Waals surface area (Å²) >= 11 is 1.67. The monoisotopic (exact) mass is 270 g/mol. The van der Waals surface area contributed by atoms with Gasteiger partial charge in [-0.15, -0.1) is 11.3 Å². The number of hydrogen-bond donors (Lipinski definition) is 0. The third-order valence-electron chi connectivity index (χ3n) is 3.01. The van der Waals surface area contributed by atoms with Gasteiger partial charge in [0.2, 0.25) is 10.0 Å². The highest BCUT2D eigenvalue weighted by Crippen LogP contribution is 2.27. The normalized spacial score (nSPS) is 18.4. The molecule has 0 saturated heterocycles. The van der Waals surface area contributed by atoms with Gasteiger partial charge in [0, 0.05) is 18.0 Å². The molecule has 0 amide bonds. The summed E-state index contributed by atoms with van der Waals surface area (Å²) in [6, 6.07) is 3.85. The third kappa shape index (κ3) is 2.23. The van der Waals surface area contributed by atoms with E-state index in [1.54, 1.807) is 18.3 Å². The lowest BCUT2D eigenvalue weighted by molar-refractivity contribution is 0.390. The van der Waals surface area contributed by atoms with Crippen LogP contribution in [0.1, 0.15) is 23.8 Å². The van der Waals surface area contributed by atoms with Gasteiger partial charge < -0.3 is 0 Å². The largest absolute Gasteiger partial charge is 0.230 e. The van der Waals surface area contributed by atoms with E-state index in [-0.39, 0.29) is 0 Å². The SMILES string of the molecule is CCC(C#N)S(=O)(=O)N1CCc2sccc2C1. The molecule has 17 heavy (non-hydrogen) atoms. The van der Waals surface area contributed by atoms with Crippen molar-refractivity contribution in [1.29, 1.82) is 5.26 Å². The van der Waals surface area contributed by atoms with Gasteiger partial charge in [-0.05, 0) is 29.9 Å². The van der Waals surface area contributed by atoms with Gasteiger partial charge in [0.25, 0.3) is 0 Å². The summed E-state index contributed by atoms with van der Waals surface area (Å²) in [7, 11) is -3.47. The van der Waals surface area contributed by atoms with Crippen LogP contribution in [-0.2, 0) is 23.0 Å². The summed E-state index contributed by atoms with van der Waals surface area (Å²) in [6.07, 6.45) is 1.10. The lowest BCUT2D eigenvalue weighted by Crippen LogP contribution is -2.40. The van der Waals surface area contributed by atoms with E-state index in [1.165, 1.54) is 9.18 Å². The van der Waals surface area contributed by atoms with Crippen LogP contribution in [0.3, 0.4) is 0 Å².